The summed E-state index contributed by atoms with van der Waals surface area (Å²) >= 11 is 0. The molecule has 0 aliphatic heterocycles. The molecule has 1 aliphatic rings. The quantitative estimate of drug-likeness (QED) is 0.821. The third kappa shape index (κ3) is 3.08. The van der Waals surface area contributed by atoms with Gasteiger partial charge in [-0.3, -0.25) is 0 Å². The number of aromatic nitrogens is 2. The van der Waals surface area contributed by atoms with Crippen LogP contribution in [0.5, 0.6) is 0 Å². The molecule has 0 aromatic carbocycles. The van der Waals surface area contributed by atoms with Crippen molar-refractivity contribution in [3.63, 3.8) is 0 Å². The maximum absolute atomic E-state index is 5.87. The highest BCUT2D eigenvalue weighted by Gasteiger charge is 2.29. The first kappa shape index (κ1) is 12.1. The van der Waals surface area contributed by atoms with Gasteiger partial charge in [-0.05, 0) is 25.7 Å². The van der Waals surface area contributed by atoms with Gasteiger partial charge in [0.15, 0.2) is 0 Å². The van der Waals surface area contributed by atoms with Gasteiger partial charge in [-0.2, -0.15) is 0 Å². The summed E-state index contributed by atoms with van der Waals surface area (Å²) in [5.74, 6) is 2.50. The first-order chi connectivity index (χ1) is 8.24. The molecule has 94 valence electrons. The fourth-order valence-electron chi connectivity index (χ4n) is 2.10. The van der Waals surface area contributed by atoms with Crippen molar-refractivity contribution in [1.82, 2.24) is 9.97 Å². The van der Waals surface area contributed by atoms with Crippen LogP contribution in [-0.4, -0.2) is 22.6 Å². The van der Waals surface area contributed by atoms with Gasteiger partial charge in [0.1, 0.15) is 17.5 Å². The van der Waals surface area contributed by atoms with Gasteiger partial charge in [0.2, 0.25) is 0 Å². The smallest absolute Gasteiger partial charge is 0.134 e. The highest BCUT2D eigenvalue weighted by atomic mass is 15.2. The van der Waals surface area contributed by atoms with Gasteiger partial charge >= 0.3 is 0 Å². The van der Waals surface area contributed by atoms with Crippen LogP contribution in [0.3, 0.4) is 0 Å². The molecule has 1 saturated carbocycles. The molecule has 4 nitrogen and oxygen atoms in total. The normalized spacial score (nSPS) is 14.9. The molecule has 1 aromatic heterocycles. The second-order valence-electron chi connectivity index (χ2n) is 4.74. The number of hydrogen-bond acceptors (Lipinski definition) is 4. The summed E-state index contributed by atoms with van der Waals surface area (Å²) in [5.41, 5.74) is 5.87. The predicted molar refractivity (Wildman–Crippen MR) is 71.1 cm³/mol. The van der Waals surface area contributed by atoms with E-state index >= 15 is 0 Å². The van der Waals surface area contributed by atoms with Gasteiger partial charge in [0, 0.05) is 25.1 Å². The average Bonchev–Trinajstić information content (AvgIpc) is 3.09. The van der Waals surface area contributed by atoms with E-state index in [1.807, 2.05) is 6.07 Å². The van der Waals surface area contributed by atoms with Gasteiger partial charge < -0.3 is 10.6 Å². The number of nitrogens with two attached hydrogens (primary N) is 1. The Morgan fingerprint density at radius 1 is 1.29 bits per heavy atom. The number of aryl methyl sites for hydroxylation is 1. The standard InChI is InChI=1S/C13H22N4/c1-3-5-12-15-11(14)9-13(16-12)17(8-4-2)10-6-7-10/h9-10H,3-8H2,1-2H3,(H2,14,15,16). The molecule has 2 rings (SSSR count). The first-order valence-electron chi connectivity index (χ1n) is 6.64. The Hall–Kier alpha value is -1.32. The van der Waals surface area contributed by atoms with Crippen LogP contribution in [0.2, 0.25) is 0 Å². The van der Waals surface area contributed by atoms with Crippen LogP contribution < -0.4 is 10.6 Å². The van der Waals surface area contributed by atoms with E-state index in [0.29, 0.717) is 11.9 Å². The fraction of sp³-hybridized carbons (Fsp3) is 0.692. The monoisotopic (exact) mass is 234 g/mol. The second-order valence-corrected chi connectivity index (χ2v) is 4.74. The first-order valence-corrected chi connectivity index (χ1v) is 6.64. The molecule has 2 N–H and O–H groups in total. The minimum atomic E-state index is 0.597. The second kappa shape index (κ2) is 5.34. The van der Waals surface area contributed by atoms with Crippen molar-refractivity contribution < 1.29 is 0 Å². The van der Waals surface area contributed by atoms with Gasteiger partial charge in [0.25, 0.3) is 0 Å². The summed E-state index contributed by atoms with van der Waals surface area (Å²) in [6.07, 6.45) is 5.67. The minimum absolute atomic E-state index is 0.597. The molecule has 0 atom stereocenters. The molecule has 17 heavy (non-hydrogen) atoms. The van der Waals surface area contributed by atoms with Crippen molar-refractivity contribution >= 4 is 11.6 Å². The molecule has 1 aliphatic carbocycles. The van der Waals surface area contributed by atoms with E-state index in [9.17, 15) is 0 Å². The molecule has 0 unspecified atom stereocenters. The van der Waals surface area contributed by atoms with E-state index < -0.39 is 0 Å². The summed E-state index contributed by atoms with van der Waals surface area (Å²) < 4.78 is 0. The number of nitrogen functional groups attached to an aromatic ring is 1. The molecule has 0 saturated heterocycles. The SMILES string of the molecule is CCCc1nc(N)cc(N(CCC)C2CC2)n1. The summed E-state index contributed by atoms with van der Waals surface area (Å²) in [4.78, 5) is 11.3. The third-order valence-corrected chi connectivity index (χ3v) is 3.00. The van der Waals surface area contributed by atoms with Crippen molar-refractivity contribution in [2.45, 2.75) is 52.0 Å². The molecule has 0 amide bonds. The Bertz CT molecular complexity index is 374. The Labute approximate surface area is 103 Å². The molecule has 4 heteroatoms. The van der Waals surface area contributed by atoms with E-state index in [2.05, 4.69) is 28.7 Å². The zero-order valence-electron chi connectivity index (χ0n) is 10.8. The van der Waals surface area contributed by atoms with Crippen LogP contribution in [0.1, 0.15) is 45.4 Å². The number of anilines is 2. The summed E-state index contributed by atoms with van der Waals surface area (Å²) in [6.45, 7) is 5.40. The van der Waals surface area contributed by atoms with Gasteiger partial charge in [0.05, 0.1) is 0 Å². The van der Waals surface area contributed by atoms with E-state index in [-0.39, 0.29) is 0 Å². The number of rotatable bonds is 6. The van der Waals surface area contributed by atoms with Crippen molar-refractivity contribution in [3.05, 3.63) is 11.9 Å². The fourth-order valence-corrected chi connectivity index (χ4v) is 2.10. The Balaban J connectivity index is 2.22. The van der Waals surface area contributed by atoms with Crippen molar-refractivity contribution in [2.24, 2.45) is 0 Å². The summed E-state index contributed by atoms with van der Waals surface area (Å²) in [7, 11) is 0. The highest BCUT2D eigenvalue weighted by Crippen LogP contribution is 2.31. The Kier molecular flexibility index (Phi) is 3.82. The topological polar surface area (TPSA) is 55.0 Å². The van der Waals surface area contributed by atoms with Crippen LogP contribution in [0.4, 0.5) is 11.6 Å². The van der Waals surface area contributed by atoms with Crippen molar-refractivity contribution in [1.29, 1.82) is 0 Å². The van der Waals surface area contributed by atoms with E-state index in [0.717, 1.165) is 37.4 Å². The van der Waals surface area contributed by atoms with E-state index in [1.165, 1.54) is 12.8 Å². The number of nitrogens with zero attached hydrogens (tertiary/aromatic N) is 3. The number of hydrogen-bond donors (Lipinski definition) is 1. The lowest BCUT2D eigenvalue weighted by molar-refractivity contribution is 0.737. The lowest BCUT2D eigenvalue weighted by atomic mass is 10.3. The van der Waals surface area contributed by atoms with Gasteiger partial charge in [-0.15, -0.1) is 0 Å². The van der Waals surface area contributed by atoms with Crippen LogP contribution >= 0.6 is 0 Å². The zero-order chi connectivity index (χ0) is 12.3. The molecular weight excluding hydrogens is 212 g/mol. The average molecular weight is 234 g/mol. The lowest BCUT2D eigenvalue weighted by Gasteiger charge is -2.23. The molecule has 1 aromatic rings. The predicted octanol–water partition coefficient (Wildman–Crippen LogP) is 2.39. The van der Waals surface area contributed by atoms with Gasteiger partial charge in [-0.1, -0.05) is 13.8 Å². The highest BCUT2D eigenvalue weighted by molar-refractivity contribution is 5.48. The van der Waals surface area contributed by atoms with Crippen molar-refractivity contribution in [3.8, 4) is 0 Å². The lowest BCUT2D eigenvalue weighted by Crippen LogP contribution is -2.28. The van der Waals surface area contributed by atoms with Crippen LogP contribution in [-0.2, 0) is 6.42 Å². The van der Waals surface area contributed by atoms with Gasteiger partial charge in [-0.25, -0.2) is 9.97 Å². The van der Waals surface area contributed by atoms with E-state index in [4.69, 9.17) is 5.73 Å². The van der Waals surface area contributed by atoms with Crippen molar-refractivity contribution in [2.75, 3.05) is 17.2 Å². The van der Waals surface area contributed by atoms with E-state index in [1.54, 1.807) is 0 Å². The maximum atomic E-state index is 5.87. The molecule has 1 fully saturated rings. The molecule has 0 radical (unpaired) electrons. The van der Waals surface area contributed by atoms with Crippen LogP contribution in [0.15, 0.2) is 6.07 Å². The van der Waals surface area contributed by atoms with Crippen LogP contribution in [0.25, 0.3) is 0 Å². The Morgan fingerprint density at radius 3 is 2.65 bits per heavy atom. The summed E-state index contributed by atoms with van der Waals surface area (Å²) in [5, 5.41) is 0. The van der Waals surface area contributed by atoms with Crippen LogP contribution in [0, 0.1) is 0 Å². The minimum Gasteiger partial charge on any atom is -0.384 e. The molecule has 0 bridgehead atoms. The largest absolute Gasteiger partial charge is 0.384 e. The molecular formula is C13H22N4. The molecule has 1 heterocycles. The summed E-state index contributed by atoms with van der Waals surface area (Å²) in [6, 6.07) is 2.59. The third-order valence-electron chi connectivity index (χ3n) is 3.00. The Morgan fingerprint density at radius 2 is 2.06 bits per heavy atom. The maximum Gasteiger partial charge on any atom is 0.134 e. The molecule has 0 spiro atoms. The zero-order valence-corrected chi connectivity index (χ0v) is 10.8.